The van der Waals surface area contributed by atoms with Crippen molar-refractivity contribution in [3.63, 3.8) is 0 Å². The van der Waals surface area contributed by atoms with Gasteiger partial charge in [-0.2, -0.15) is 13.9 Å². The molecule has 0 aliphatic carbocycles. The van der Waals surface area contributed by atoms with Gasteiger partial charge in [0.1, 0.15) is 11.8 Å². The van der Waals surface area contributed by atoms with Crippen LogP contribution in [0.4, 0.5) is 22.0 Å². The third-order valence-corrected chi connectivity index (χ3v) is 7.28. The number of nitrogens with one attached hydrogen (secondary N) is 1. The van der Waals surface area contributed by atoms with E-state index in [1.807, 2.05) is 13.8 Å². The van der Waals surface area contributed by atoms with Gasteiger partial charge in [-0.05, 0) is 42.9 Å². The van der Waals surface area contributed by atoms with Crippen molar-refractivity contribution in [1.29, 1.82) is 0 Å². The molecule has 0 aliphatic heterocycles. The minimum absolute atomic E-state index is 0.0349. The zero-order chi connectivity index (χ0) is 28.1. The molecule has 1 unspecified atom stereocenters. The monoisotopic (exact) mass is 551 g/mol. The highest BCUT2D eigenvalue weighted by molar-refractivity contribution is 7.52. The number of benzene rings is 2. The van der Waals surface area contributed by atoms with Crippen molar-refractivity contribution < 1.29 is 45.1 Å². The Morgan fingerprint density at radius 1 is 0.919 bits per heavy atom. The second kappa shape index (κ2) is 12.7. The van der Waals surface area contributed by atoms with E-state index in [1.165, 1.54) is 13.0 Å². The largest absolute Gasteiger partial charge is 0.513 e. The first-order valence-electron chi connectivity index (χ1n) is 11.8. The number of hydrogen-bond donors (Lipinski definition) is 1. The van der Waals surface area contributed by atoms with Crippen LogP contribution >= 0.6 is 7.75 Å². The Hall–Kier alpha value is -2.65. The summed E-state index contributed by atoms with van der Waals surface area (Å²) in [6.07, 6.45) is 1.48. The van der Waals surface area contributed by atoms with Gasteiger partial charge >= 0.3 is 13.7 Å². The van der Waals surface area contributed by atoms with Crippen LogP contribution in [0.2, 0.25) is 0 Å². The molecule has 2 atom stereocenters. The molecule has 37 heavy (non-hydrogen) atoms. The lowest BCUT2D eigenvalue weighted by atomic mass is 10.0. The van der Waals surface area contributed by atoms with E-state index in [4.69, 9.17) is 13.8 Å². The summed E-state index contributed by atoms with van der Waals surface area (Å²) in [5, 5.41) is 2.21. The van der Waals surface area contributed by atoms with Gasteiger partial charge in [-0.25, -0.2) is 17.7 Å². The molecular weight excluding hydrogens is 520 g/mol. The van der Waals surface area contributed by atoms with Crippen LogP contribution in [0.25, 0.3) is 0 Å². The van der Waals surface area contributed by atoms with Crippen molar-refractivity contribution >= 4 is 13.7 Å². The molecular formula is C25H31F5NO5P. The van der Waals surface area contributed by atoms with Crippen LogP contribution in [0.1, 0.15) is 64.5 Å². The maximum Gasteiger partial charge on any atom is 0.513 e. The van der Waals surface area contributed by atoms with Gasteiger partial charge in [-0.3, -0.25) is 4.79 Å². The summed E-state index contributed by atoms with van der Waals surface area (Å²) in [5.41, 5.74) is 1.16. The second-order valence-corrected chi connectivity index (χ2v) is 10.6. The standard InChI is InChI=1S/C25H31F5NO5P/c1-7-16(8-2)12-34-25(32)15(6)31-37(33,35-18-11-14(5)9-10-17(18)13(3)4)36-24-22(29)20(27)19(26)21(28)23(24)30/h9-11,13,15-16H,7-8,12H2,1-6H3,(H,31,33)/t15-,37?/m0/s1. The molecule has 0 amide bonds. The minimum Gasteiger partial charge on any atom is -0.464 e. The van der Waals surface area contributed by atoms with Gasteiger partial charge in [0.25, 0.3) is 0 Å². The first-order valence-corrected chi connectivity index (χ1v) is 13.3. The third kappa shape index (κ3) is 7.45. The summed E-state index contributed by atoms with van der Waals surface area (Å²) in [5.74, 6) is -14.5. The molecule has 0 saturated heterocycles. The number of carbonyl (C=O) groups is 1. The first kappa shape index (κ1) is 30.6. The second-order valence-electron chi connectivity index (χ2n) is 8.94. The molecule has 0 spiro atoms. The molecule has 6 nitrogen and oxygen atoms in total. The molecule has 2 rings (SSSR count). The Balaban J connectivity index is 2.50. The average Bonchev–Trinajstić information content (AvgIpc) is 2.84. The Bertz CT molecular complexity index is 1140. The molecule has 0 aromatic heterocycles. The van der Waals surface area contributed by atoms with Crippen molar-refractivity contribution in [3.05, 3.63) is 58.4 Å². The van der Waals surface area contributed by atoms with Crippen molar-refractivity contribution in [2.24, 2.45) is 5.92 Å². The summed E-state index contributed by atoms with van der Waals surface area (Å²) in [7, 11) is -5.02. The van der Waals surface area contributed by atoms with E-state index in [9.17, 15) is 31.3 Å². The van der Waals surface area contributed by atoms with Gasteiger partial charge < -0.3 is 13.8 Å². The fourth-order valence-corrected chi connectivity index (χ4v) is 4.86. The molecule has 0 aliphatic rings. The van der Waals surface area contributed by atoms with Crippen molar-refractivity contribution in [2.45, 2.75) is 66.3 Å². The normalized spacial score (nSPS) is 14.0. The van der Waals surface area contributed by atoms with Gasteiger partial charge in [-0.15, -0.1) is 0 Å². The lowest BCUT2D eigenvalue weighted by molar-refractivity contribution is -0.146. The van der Waals surface area contributed by atoms with E-state index in [1.54, 1.807) is 32.9 Å². The molecule has 12 heteroatoms. The smallest absolute Gasteiger partial charge is 0.464 e. The van der Waals surface area contributed by atoms with E-state index in [0.717, 1.165) is 12.8 Å². The number of rotatable bonds is 12. The highest BCUT2D eigenvalue weighted by Gasteiger charge is 2.39. The van der Waals surface area contributed by atoms with Crippen molar-refractivity contribution in [2.75, 3.05) is 6.61 Å². The highest BCUT2D eigenvalue weighted by atomic mass is 31.2. The Morgan fingerprint density at radius 3 is 1.97 bits per heavy atom. The quantitative estimate of drug-likeness (QED) is 0.0979. The SMILES string of the molecule is CCC(CC)COC(=O)[C@H](C)NP(=O)(Oc1cc(C)ccc1C(C)C)Oc1c(F)c(F)c(F)c(F)c1F. The van der Waals surface area contributed by atoms with Crippen LogP contribution in [-0.4, -0.2) is 18.6 Å². The van der Waals surface area contributed by atoms with Gasteiger partial charge in [0.15, 0.2) is 0 Å². The van der Waals surface area contributed by atoms with Gasteiger partial charge in [0, 0.05) is 0 Å². The number of hydrogen-bond acceptors (Lipinski definition) is 5. The molecule has 0 radical (unpaired) electrons. The zero-order valence-corrected chi connectivity index (χ0v) is 22.4. The highest BCUT2D eigenvalue weighted by Crippen LogP contribution is 2.49. The lowest BCUT2D eigenvalue weighted by Gasteiger charge is -2.25. The van der Waals surface area contributed by atoms with Crippen LogP contribution in [0.3, 0.4) is 0 Å². The zero-order valence-electron chi connectivity index (χ0n) is 21.5. The molecule has 0 bridgehead atoms. The van der Waals surface area contributed by atoms with Gasteiger partial charge in [0.05, 0.1) is 6.61 Å². The van der Waals surface area contributed by atoms with E-state index < -0.39 is 54.6 Å². The average molecular weight is 551 g/mol. The first-order chi connectivity index (χ1) is 17.2. The summed E-state index contributed by atoms with van der Waals surface area (Å²) in [6, 6.07) is 3.45. The summed E-state index contributed by atoms with van der Waals surface area (Å²) < 4.78 is 99.3. The molecule has 2 aromatic carbocycles. The van der Waals surface area contributed by atoms with Crippen molar-refractivity contribution in [3.8, 4) is 11.5 Å². The molecule has 206 valence electrons. The third-order valence-electron chi connectivity index (χ3n) is 5.71. The Kier molecular flexibility index (Phi) is 10.5. The van der Waals surface area contributed by atoms with E-state index in [2.05, 4.69) is 5.09 Å². The molecule has 0 heterocycles. The van der Waals surface area contributed by atoms with Crippen LogP contribution in [0, 0.1) is 41.9 Å². The summed E-state index contributed by atoms with van der Waals surface area (Å²) in [6.45, 7) is 10.4. The van der Waals surface area contributed by atoms with Gasteiger partial charge in [-0.1, -0.05) is 52.7 Å². The number of aryl methyl sites for hydroxylation is 1. The summed E-state index contributed by atoms with van der Waals surface area (Å²) in [4.78, 5) is 12.5. The van der Waals surface area contributed by atoms with Crippen LogP contribution in [0.5, 0.6) is 11.5 Å². The number of esters is 1. The predicted molar refractivity (Wildman–Crippen MR) is 128 cm³/mol. The number of ether oxygens (including phenoxy) is 1. The number of carbonyl (C=O) groups excluding carboxylic acids is 1. The maximum atomic E-state index is 14.4. The van der Waals surface area contributed by atoms with Gasteiger partial charge in [0.2, 0.25) is 34.8 Å². The topological polar surface area (TPSA) is 73.9 Å². The van der Waals surface area contributed by atoms with Crippen molar-refractivity contribution in [1.82, 2.24) is 5.09 Å². The van der Waals surface area contributed by atoms with Crippen LogP contribution in [-0.2, 0) is 14.1 Å². The van der Waals surface area contributed by atoms with Crippen LogP contribution in [0.15, 0.2) is 18.2 Å². The Morgan fingerprint density at radius 2 is 1.46 bits per heavy atom. The molecule has 0 saturated carbocycles. The number of halogens is 5. The molecule has 2 aromatic rings. The van der Waals surface area contributed by atoms with E-state index >= 15 is 0 Å². The Labute approximate surface area is 213 Å². The van der Waals surface area contributed by atoms with Crippen LogP contribution < -0.4 is 14.1 Å². The predicted octanol–water partition coefficient (Wildman–Crippen LogP) is 7.34. The van der Waals surface area contributed by atoms with E-state index in [-0.39, 0.29) is 24.2 Å². The fraction of sp³-hybridized carbons (Fsp3) is 0.480. The fourth-order valence-electron chi connectivity index (χ4n) is 3.32. The molecule has 0 fully saturated rings. The maximum absolute atomic E-state index is 14.4. The lowest BCUT2D eigenvalue weighted by Crippen LogP contribution is -2.36. The van der Waals surface area contributed by atoms with E-state index in [0.29, 0.717) is 11.1 Å². The molecule has 1 N–H and O–H groups in total. The summed E-state index contributed by atoms with van der Waals surface area (Å²) >= 11 is 0. The minimum atomic E-state index is -5.02.